The van der Waals surface area contributed by atoms with Crippen LogP contribution in [0.25, 0.3) is 0 Å². The molecular formula is C23H32N4O2. The second-order valence-electron chi connectivity index (χ2n) is 7.58. The first kappa shape index (κ1) is 21.1. The molecule has 0 aliphatic carbocycles. The van der Waals surface area contributed by atoms with E-state index in [2.05, 4.69) is 46.5 Å². The van der Waals surface area contributed by atoms with Crippen molar-refractivity contribution in [3.63, 3.8) is 0 Å². The molecule has 156 valence electrons. The van der Waals surface area contributed by atoms with Crippen LogP contribution in [0.5, 0.6) is 5.75 Å². The quantitative estimate of drug-likeness (QED) is 0.655. The summed E-state index contributed by atoms with van der Waals surface area (Å²) in [6, 6.07) is 15.3. The van der Waals surface area contributed by atoms with Gasteiger partial charge in [0.15, 0.2) is 0 Å². The summed E-state index contributed by atoms with van der Waals surface area (Å²) < 4.78 is 5.64. The zero-order valence-corrected chi connectivity index (χ0v) is 17.5. The number of benzene rings is 2. The average Bonchev–Trinajstić information content (AvgIpc) is 2.73. The van der Waals surface area contributed by atoms with Crippen molar-refractivity contribution in [2.24, 2.45) is 0 Å². The van der Waals surface area contributed by atoms with Crippen LogP contribution in [-0.4, -0.2) is 55.7 Å². The van der Waals surface area contributed by atoms with E-state index in [9.17, 15) is 4.79 Å². The van der Waals surface area contributed by atoms with E-state index < -0.39 is 0 Å². The van der Waals surface area contributed by atoms with Crippen LogP contribution in [0.4, 0.5) is 16.2 Å². The molecule has 1 fully saturated rings. The molecule has 2 aromatic rings. The number of likely N-dealkylation sites (N-methyl/N-ethyl adjacent to an activating group) is 1. The van der Waals surface area contributed by atoms with Crippen molar-refractivity contribution in [2.75, 3.05) is 50.5 Å². The Morgan fingerprint density at radius 1 is 0.931 bits per heavy atom. The monoisotopic (exact) mass is 396 g/mol. The molecule has 0 atom stereocenters. The number of amides is 2. The van der Waals surface area contributed by atoms with Crippen molar-refractivity contribution in [2.45, 2.75) is 26.3 Å². The van der Waals surface area contributed by atoms with Crippen LogP contribution >= 0.6 is 0 Å². The molecule has 0 bridgehead atoms. The lowest BCUT2D eigenvalue weighted by molar-refractivity contribution is 0.148. The van der Waals surface area contributed by atoms with Crippen LogP contribution in [-0.2, 0) is 6.54 Å². The summed E-state index contributed by atoms with van der Waals surface area (Å²) in [5, 5.41) is 5.73. The molecule has 1 heterocycles. The van der Waals surface area contributed by atoms with Gasteiger partial charge in [-0.2, -0.15) is 0 Å². The van der Waals surface area contributed by atoms with E-state index in [1.165, 1.54) is 5.56 Å². The van der Waals surface area contributed by atoms with Gasteiger partial charge in [-0.15, -0.1) is 0 Å². The Bertz CT molecular complexity index is 753. The number of nitrogens with one attached hydrogen (secondary N) is 2. The van der Waals surface area contributed by atoms with E-state index >= 15 is 0 Å². The number of piperazine rings is 1. The molecule has 1 aliphatic heterocycles. The molecule has 3 rings (SSSR count). The zero-order chi connectivity index (χ0) is 20.5. The molecule has 2 aromatic carbocycles. The van der Waals surface area contributed by atoms with Gasteiger partial charge in [-0.3, -0.25) is 4.90 Å². The SMILES string of the molecule is CCCCOc1ccc(NC(=O)Nc2ccc(CN3CCN(C)CC3)cc2)cc1. The summed E-state index contributed by atoms with van der Waals surface area (Å²) in [5.41, 5.74) is 2.78. The third-order valence-electron chi connectivity index (χ3n) is 5.09. The fourth-order valence-corrected chi connectivity index (χ4v) is 3.22. The zero-order valence-electron chi connectivity index (χ0n) is 17.5. The van der Waals surface area contributed by atoms with Gasteiger partial charge in [0.25, 0.3) is 0 Å². The highest BCUT2D eigenvalue weighted by atomic mass is 16.5. The lowest BCUT2D eigenvalue weighted by Crippen LogP contribution is -2.43. The molecule has 2 N–H and O–H groups in total. The minimum atomic E-state index is -0.253. The number of carbonyl (C=O) groups is 1. The summed E-state index contributed by atoms with van der Waals surface area (Å²) in [6.07, 6.45) is 2.15. The molecule has 6 heteroatoms. The van der Waals surface area contributed by atoms with Gasteiger partial charge in [0, 0.05) is 44.1 Å². The number of anilines is 2. The lowest BCUT2D eigenvalue weighted by atomic mass is 10.2. The Labute approximate surface area is 173 Å². The van der Waals surface area contributed by atoms with Crippen LogP contribution in [0.15, 0.2) is 48.5 Å². The third-order valence-corrected chi connectivity index (χ3v) is 5.09. The van der Waals surface area contributed by atoms with Gasteiger partial charge in [-0.1, -0.05) is 25.5 Å². The molecule has 0 aromatic heterocycles. The summed E-state index contributed by atoms with van der Waals surface area (Å²) in [4.78, 5) is 17.1. The normalized spacial score (nSPS) is 15.1. The Hall–Kier alpha value is -2.57. The fraction of sp³-hybridized carbons (Fsp3) is 0.435. The van der Waals surface area contributed by atoms with Crippen LogP contribution in [0.2, 0.25) is 0 Å². The summed E-state index contributed by atoms with van der Waals surface area (Å²) in [5.74, 6) is 0.820. The molecule has 1 aliphatic rings. The third kappa shape index (κ3) is 7.07. The Morgan fingerprint density at radius 3 is 2.10 bits per heavy atom. The minimum Gasteiger partial charge on any atom is -0.494 e. The highest BCUT2D eigenvalue weighted by Crippen LogP contribution is 2.17. The number of ether oxygens (including phenoxy) is 1. The predicted octanol–water partition coefficient (Wildman–Crippen LogP) is 4.26. The van der Waals surface area contributed by atoms with Crippen LogP contribution in [0, 0.1) is 0 Å². The fourth-order valence-electron chi connectivity index (χ4n) is 3.22. The van der Waals surface area contributed by atoms with E-state index in [0.29, 0.717) is 6.61 Å². The Morgan fingerprint density at radius 2 is 1.52 bits per heavy atom. The molecule has 6 nitrogen and oxygen atoms in total. The van der Waals surface area contributed by atoms with E-state index in [1.54, 1.807) is 0 Å². The van der Waals surface area contributed by atoms with Crippen LogP contribution < -0.4 is 15.4 Å². The first-order chi connectivity index (χ1) is 14.1. The summed E-state index contributed by atoms with van der Waals surface area (Å²) >= 11 is 0. The smallest absolute Gasteiger partial charge is 0.323 e. The van der Waals surface area contributed by atoms with Gasteiger partial charge in [0.2, 0.25) is 0 Å². The van der Waals surface area contributed by atoms with Crippen molar-refractivity contribution in [1.82, 2.24) is 9.80 Å². The van der Waals surface area contributed by atoms with E-state index in [1.807, 2.05) is 36.4 Å². The average molecular weight is 397 g/mol. The first-order valence-corrected chi connectivity index (χ1v) is 10.4. The van der Waals surface area contributed by atoms with Crippen molar-refractivity contribution >= 4 is 17.4 Å². The topological polar surface area (TPSA) is 56.8 Å². The number of hydrogen-bond acceptors (Lipinski definition) is 4. The molecule has 0 saturated carbocycles. The Balaban J connectivity index is 1.44. The highest BCUT2D eigenvalue weighted by Gasteiger charge is 2.13. The molecule has 0 unspecified atom stereocenters. The minimum absolute atomic E-state index is 0.253. The second-order valence-corrected chi connectivity index (χ2v) is 7.58. The Kier molecular flexibility index (Phi) is 7.90. The number of rotatable bonds is 8. The van der Waals surface area contributed by atoms with Gasteiger partial charge >= 0.3 is 6.03 Å². The predicted molar refractivity (Wildman–Crippen MR) is 119 cm³/mol. The van der Waals surface area contributed by atoms with Crippen molar-refractivity contribution in [3.8, 4) is 5.75 Å². The molecular weight excluding hydrogens is 364 g/mol. The number of carbonyl (C=O) groups excluding carboxylic acids is 1. The highest BCUT2D eigenvalue weighted by molar-refractivity contribution is 5.99. The molecule has 1 saturated heterocycles. The number of urea groups is 1. The van der Waals surface area contributed by atoms with Crippen molar-refractivity contribution in [3.05, 3.63) is 54.1 Å². The van der Waals surface area contributed by atoms with Crippen LogP contribution in [0.1, 0.15) is 25.3 Å². The summed E-state index contributed by atoms with van der Waals surface area (Å²) in [7, 11) is 2.17. The molecule has 2 amide bonds. The van der Waals surface area contributed by atoms with E-state index in [-0.39, 0.29) is 6.03 Å². The second kappa shape index (κ2) is 10.8. The molecule has 0 radical (unpaired) electrons. The maximum atomic E-state index is 12.2. The largest absolute Gasteiger partial charge is 0.494 e. The van der Waals surface area contributed by atoms with Crippen LogP contribution in [0.3, 0.4) is 0 Å². The maximum absolute atomic E-state index is 12.2. The number of hydrogen-bond donors (Lipinski definition) is 2. The molecule has 0 spiro atoms. The van der Waals surface area contributed by atoms with Gasteiger partial charge < -0.3 is 20.3 Å². The van der Waals surface area contributed by atoms with Gasteiger partial charge in [0.1, 0.15) is 5.75 Å². The van der Waals surface area contributed by atoms with E-state index in [0.717, 1.165) is 62.7 Å². The first-order valence-electron chi connectivity index (χ1n) is 10.4. The molecule has 29 heavy (non-hydrogen) atoms. The van der Waals surface area contributed by atoms with Gasteiger partial charge in [-0.05, 0) is 55.4 Å². The van der Waals surface area contributed by atoms with Gasteiger partial charge in [0.05, 0.1) is 6.61 Å². The lowest BCUT2D eigenvalue weighted by Gasteiger charge is -2.32. The number of nitrogens with zero attached hydrogens (tertiary/aromatic N) is 2. The van der Waals surface area contributed by atoms with Gasteiger partial charge in [-0.25, -0.2) is 4.79 Å². The number of unbranched alkanes of at least 4 members (excludes halogenated alkanes) is 1. The van der Waals surface area contributed by atoms with Crippen molar-refractivity contribution < 1.29 is 9.53 Å². The summed E-state index contributed by atoms with van der Waals surface area (Å²) in [6.45, 7) is 8.23. The van der Waals surface area contributed by atoms with Crippen molar-refractivity contribution in [1.29, 1.82) is 0 Å². The maximum Gasteiger partial charge on any atom is 0.323 e. The van der Waals surface area contributed by atoms with E-state index in [4.69, 9.17) is 4.74 Å². The standard InChI is InChI=1S/C23H32N4O2/c1-3-4-17-29-22-11-9-21(10-12-22)25-23(28)24-20-7-5-19(6-8-20)18-27-15-13-26(2)14-16-27/h5-12H,3-4,13-18H2,1-2H3,(H2,24,25,28).